The van der Waals surface area contributed by atoms with Gasteiger partial charge in [-0.2, -0.15) is 0 Å². The molecule has 1 aromatic carbocycles. The van der Waals surface area contributed by atoms with Crippen LogP contribution in [0.3, 0.4) is 0 Å². The molecule has 0 aliphatic carbocycles. The minimum Gasteiger partial charge on any atom is -0.398 e. The topological polar surface area (TPSA) is 72.2 Å². The first-order chi connectivity index (χ1) is 8.38. The molecule has 0 fully saturated rings. The lowest BCUT2D eigenvalue weighted by Crippen LogP contribution is -2.12. The Morgan fingerprint density at radius 2 is 1.94 bits per heavy atom. The second-order valence-electron chi connectivity index (χ2n) is 4.12. The maximum atomic E-state index is 12.1. The van der Waals surface area contributed by atoms with Crippen LogP contribution in [0.15, 0.2) is 33.9 Å². The molecule has 0 bridgehead atoms. The molecule has 0 radical (unpaired) electrons. The van der Waals surface area contributed by atoms with E-state index in [1.807, 2.05) is 26.0 Å². The largest absolute Gasteiger partial charge is 0.398 e. The molecule has 0 amide bonds. The maximum absolute atomic E-state index is 12.1. The lowest BCUT2D eigenvalue weighted by Gasteiger charge is -2.09. The van der Waals surface area contributed by atoms with Gasteiger partial charge in [0.1, 0.15) is 4.21 Å². The summed E-state index contributed by atoms with van der Waals surface area (Å²) in [6, 6.07) is 7.02. The molecule has 2 rings (SSSR count). The van der Waals surface area contributed by atoms with E-state index in [0.29, 0.717) is 11.4 Å². The number of nitrogens with one attached hydrogen (secondary N) is 1. The highest BCUT2D eigenvalue weighted by Crippen LogP contribution is 2.25. The Bertz CT molecular complexity index is 675. The standard InChI is InChI=1S/C12H14N2O2S2/c1-8-3-4-11(9(2)5-8)14-18(15,16)12-6-10(13)7-17-12/h3-7,14H,13H2,1-2H3. The molecule has 0 unspecified atom stereocenters. The molecule has 6 heteroatoms. The normalized spacial score (nSPS) is 11.4. The molecule has 4 nitrogen and oxygen atoms in total. The summed E-state index contributed by atoms with van der Waals surface area (Å²) in [5.41, 5.74) is 8.57. The van der Waals surface area contributed by atoms with Crippen molar-refractivity contribution in [1.82, 2.24) is 0 Å². The Morgan fingerprint density at radius 3 is 2.50 bits per heavy atom. The van der Waals surface area contributed by atoms with Crippen molar-refractivity contribution in [2.75, 3.05) is 10.5 Å². The van der Waals surface area contributed by atoms with Crippen molar-refractivity contribution in [3.63, 3.8) is 0 Å². The fourth-order valence-electron chi connectivity index (χ4n) is 1.59. The molecule has 0 saturated carbocycles. The SMILES string of the molecule is Cc1ccc(NS(=O)(=O)c2cc(N)cs2)c(C)c1. The van der Waals surface area contributed by atoms with Crippen LogP contribution in [-0.4, -0.2) is 8.42 Å². The third kappa shape index (κ3) is 2.65. The summed E-state index contributed by atoms with van der Waals surface area (Å²) in [5.74, 6) is 0. The number of aryl methyl sites for hydroxylation is 2. The lowest BCUT2D eigenvalue weighted by atomic mass is 10.1. The molecule has 1 heterocycles. The van der Waals surface area contributed by atoms with Crippen LogP contribution in [0.2, 0.25) is 0 Å². The molecule has 1 aromatic heterocycles. The highest BCUT2D eigenvalue weighted by molar-refractivity contribution is 7.94. The molecule has 0 aliphatic rings. The van der Waals surface area contributed by atoms with Gasteiger partial charge in [0.25, 0.3) is 10.0 Å². The number of thiophene rings is 1. The van der Waals surface area contributed by atoms with E-state index in [1.54, 1.807) is 11.4 Å². The van der Waals surface area contributed by atoms with Crippen molar-refractivity contribution in [3.8, 4) is 0 Å². The average Bonchev–Trinajstić information content (AvgIpc) is 2.70. The van der Waals surface area contributed by atoms with E-state index >= 15 is 0 Å². The number of anilines is 2. The van der Waals surface area contributed by atoms with Gasteiger partial charge in [-0.05, 0) is 31.5 Å². The molecule has 96 valence electrons. The Kier molecular flexibility index (Phi) is 3.32. The van der Waals surface area contributed by atoms with Crippen LogP contribution in [0.25, 0.3) is 0 Å². The van der Waals surface area contributed by atoms with E-state index in [-0.39, 0.29) is 4.21 Å². The first kappa shape index (κ1) is 12.9. The minimum absolute atomic E-state index is 0.222. The van der Waals surface area contributed by atoms with Crippen LogP contribution in [0.1, 0.15) is 11.1 Å². The molecule has 18 heavy (non-hydrogen) atoms. The van der Waals surface area contributed by atoms with E-state index in [2.05, 4.69) is 4.72 Å². The van der Waals surface area contributed by atoms with Crippen molar-refractivity contribution in [2.45, 2.75) is 18.1 Å². The number of nitrogen functional groups attached to an aromatic ring is 1. The summed E-state index contributed by atoms with van der Waals surface area (Å²) in [6.45, 7) is 3.83. The fraction of sp³-hybridized carbons (Fsp3) is 0.167. The number of hydrogen-bond acceptors (Lipinski definition) is 4. The van der Waals surface area contributed by atoms with Crippen LogP contribution in [-0.2, 0) is 10.0 Å². The summed E-state index contributed by atoms with van der Waals surface area (Å²) in [4.78, 5) is 0. The highest BCUT2D eigenvalue weighted by atomic mass is 32.2. The predicted octanol–water partition coefficient (Wildman–Crippen LogP) is 2.75. The van der Waals surface area contributed by atoms with Gasteiger partial charge in [-0.1, -0.05) is 17.7 Å². The molecular formula is C12H14N2O2S2. The van der Waals surface area contributed by atoms with Crippen LogP contribution >= 0.6 is 11.3 Å². The summed E-state index contributed by atoms with van der Waals surface area (Å²) in [7, 11) is -3.54. The Morgan fingerprint density at radius 1 is 1.22 bits per heavy atom. The van der Waals surface area contributed by atoms with Gasteiger partial charge in [-0.15, -0.1) is 11.3 Å². The van der Waals surface area contributed by atoms with Crippen LogP contribution < -0.4 is 10.5 Å². The number of sulfonamides is 1. The zero-order chi connectivity index (χ0) is 13.3. The quantitative estimate of drug-likeness (QED) is 0.909. The van der Waals surface area contributed by atoms with Gasteiger partial charge >= 0.3 is 0 Å². The van der Waals surface area contributed by atoms with Gasteiger partial charge in [0, 0.05) is 11.1 Å². The number of rotatable bonds is 3. The van der Waals surface area contributed by atoms with Crippen molar-refractivity contribution in [3.05, 3.63) is 40.8 Å². The van der Waals surface area contributed by atoms with Gasteiger partial charge in [-0.25, -0.2) is 8.42 Å². The maximum Gasteiger partial charge on any atom is 0.271 e. The van der Waals surface area contributed by atoms with E-state index < -0.39 is 10.0 Å². The van der Waals surface area contributed by atoms with Crippen molar-refractivity contribution < 1.29 is 8.42 Å². The zero-order valence-electron chi connectivity index (χ0n) is 10.1. The monoisotopic (exact) mass is 282 g/mol. The fourth-order valence-corrected chi connectivity index (χ4v) is 3.81. The van der Waals surface area contributed by atoms with Gasteiger partial charge in [0.15, 0.2) is 0 Å². The summed E-state index contributed by atoms with van der Waals surface area (Å²) >= 11 is 1.11. The summed E-state index contributed by atoms with van der Waals surface area (Å²) in [5, 5.41) is 1.61. The van der Waals surface area contributed by atoms with E-state index in [0.717, 1.165) is 22.5 Å². The molecule has 0 aliphatic heterocycles. The van der Waals surface area contributed by atoms with E-state index in [9.17, 15) is 8.42 Å². The summed E-state index contributed by atoms with van der Waals surface area (Å²) in [6.07, 6.45) is 0. The van der Waals surface area contributed by atoms with Gasteiger partial charge in [0.05, 0.1) is 5.69 Å². The van der Waals surface area contributed by atoms with Crippen LogP contribution in [0.5, 0.6) is 0 Å². The van der Waals surface area contributed by atoms with Crippen molar-refractivity contribution >= 4 is 32.7 Å². The van der Waals surface area contributed by atoms with Gasteiger partial charge in [-0.3, -0.25) is 4.72 Å². The number of benzene rings is 1. The first-order valence-corrected chi connectivity index (χ1v) is 7.69. The molecule has 0 saturated heterocycles. The number of hydrogen-bond donors (Lipinski definition) is 2. The Labute approximate surface area is 111 Å². The third-order valence-corrected chi connectivity index (χ3v) is 5.31. The zero-order valence-corrected chi connectivity index (χ0v) is 11.7. The predicted molar refractivity (Wildman–Crippen MR) is 75.5 cm³/mol. The third-order valence-electron chi connectivity index (χ3n) is 2.49. The van der Waals surface area contributed by atoms with E-state index in [1.165, 1.54) is 6.07 Å². The number of nitrogens with two attached hydrogens (primary N) is 1. The Hall–Kier alpha value is -1.53. The minimum atomic E-state index is -3.54. The smallest absolute Gasteiger partial charge is 0.271 e. The van der Waals surface area contributed by atoms with Crippen LogP contribution in [0.4, 0.5) is 11.4 Å². The van der Waals surface area contributed by atoms with Crippen molar-refractivity contribution in [2.24, 2.45) is 0 Å². The molecule has 3 N–H and O–H groups in total. The Balaban J connectivity index is 2.33. The lowest BCUT2D eigenvalue weighted by molar-refractivity contribution is 0.603. The molecular weight excluding hydrogens is 268 g/mol. The van der Waals surface area contributed by atoms with Crippen molar-refractivity contribution in [1.29, 1.82) is 0 Å². The summed E-state index contributed by atoms with van der Waals surface area (Å²) < 4.78 is 27.0. The van der Waals surface area contributed by atoms with E-state index in [4.69, 9.17) is 5.73 Å². The highest BCUT2D eigenvalue weighted by Gasteiger charge is 2.17. The molecule has 2 aromatic rings. The van der Waals surface area contributed by atoms with Gasteiger partial charge in [0.2, 0.25) is 0 Å². The molecule has 0 spiro atoms. The molecule has 0 atom stereocenters. The van der Waals surface area contributed by atoms with Gasteiger partial charge < -0.3 is 5.73 Å². The average molecular weight is 282 g/mol. The second kappa shape index (κ2) is 4.62. The second-order valence-corrected chi connectivity index (χ2v) is 6.94. The first-order valence-electron chi connectivity index (χ1n) is 5.32. The van der Waals surface area contributed by atoms with Crippen LogP contribution in [0, 0.1) is 13.8 Å².